The molecule has 1 aliphatic rings. The molecule has 2 aromatic heterocycles. The Balaban J connectivity index is 1.90. The molecule has 0 saturated carbocycles. The first kappa shape index (κ1) is 27.9. The van der Waals surface area contributed by atoms with E-state index < -0.39 is 15.9 Å². The van der Waals surface area contributed by atoms with Crippen LogP contribution in [0.2, 0.25) is 0 Å². The molecule has 0 spiro atoms. The number of rotatable bonds is 8. The summed E-state index contributed by atoms with van der Waals surface area (Å²) in [5.41, 5.74) is 3.76. The van der Waals surface area contributed by atoms with Crippen LogP contribution >= 0.6 is 11.3 Å². The normalized spacial score (nSPS) is 15.8. The van der Waals surface area contributed by atoms with Gasteiger partial charge in [0.1, 0.15) is 9.84 Å². The molecule has 196 valence electrons. The molecular weight excluding hydrogens is 496 g/mol. The maximum absolute atomic E-state index is 13.1. The third kappa shape index (κ3) is 6.94. The molecule has 0 bridgehead atoms. The van der Waals surface area contributed by atoms with Crippen LogP contribution in [0.5, 0.6) is 0 Å². The highest BCUT2D eigenvalue weighted by Gasteiger charge is 2.26. The summed E-state index contributed by atoms with van der Waals surface area (Å²) in [5.74, 6) is -0.625. The highest BCUT2D eigenvalue weighted by atomic mass is 32.2. The van der Waals surface area contributed by atoms with Crippen LogP contribution in [0.15, 0.2) is 35.0 Å². The molecule has 0 aromatic carbocycles. The Bertz CT molecular complexity index is 1310. The summed E-state index contributed by atoms with van der Waals surface area (Å²) < 4.78 is 23.0. The molecule has 1 aliphatic heterocycles. The van der Waals surface area contributed by atoms with E-state index in [1.165, 1.54) is 11.3 Å². The lowest BCUT2D eigenvalue weighted by Crippen LogP contribution is -2.41. The van der Waals surface area contributed by atoms with Crippen molar-refractivity contribution >= 4 is 44.4 Å². The number of thiophene rings is 1. The highest BCUT2D eigenvalue weighted by Crippen LogP contribution is 2.33. The van der Waals surface area contributed by atoms with Crippen molar-refractivity contribution < 1.29 is 18.0 Å². The average Bonchev–Trinajstić information content (AvgIpc) is 3.34. The van der Waals surface area contributed by atoms with E-state index in [0.717, 1.165) is 28.8 Å². The number of fused-ring (bicyclic) bond motifs is 1. The smallest absolute Gasteiger partial charge is 0.261 e. The molecule has 0 saturated heterocycles. The SMILES string of the molecule is CCC1=CC(c2ccc(C(=O)NC(C)CS(C)(=O)=O)s2)=Nc2c(C(=O)NC(C)C(C)(C)C)c[nH]c2C1. The van der Waals surface area contributed by atoms with Gasteiger partial charge in [0.2, 0.25) is 0 Å². The third-order valence-corrected chi connectivity index (χ3v) is 8.48. The molecule has 3 rings (SSSR count). The Hall–Kier alpha value is -2.72. The summed E-state index contributed by atoms with van der Waals surface area (Å²) in [6.07, 6.45) is 6.36. The summed E-state index contributed by atoms with van der Waals surface area (Å²) in [5, 5.41) is 5.83. The van der Waals surface area contributed by atoms with Gasteiger partial charge in [0.05, 0.1) is 32.5 Å². The number of nitrogens with one attached hydrogen (secondary N) is 3. The molecule has 36 heavy (non-hydrogen) atoms. The molecule has 0 radical (unpaired) electrons. The van der Waals surface area contributed by atoms with Crippen molar-refractivity contribution in [2.45, 2.75) is 66.5 Å². The van der Waals surface area contributed by atoms with Crippen LogP contribution in [0.3, 0.4) is 0 Å². The van der Waals surface area contributed by atoms with E-state index in [-0.39, 0.29) is 29.0 Å². The van der Waals surface area contributed by atoms with E-state index in [2.05, 4.69) is 43.3 Å². The molecule has 0 aliphatic carbocycles. The molecule has 2 unspecified atom stereocenters. The third-order valence-electron chi connectivity index (χ3n) is 6.27. The number of sulfone groups is 1. The Morgan fingerprint density at radius 3 is 2.47 bits per heavy atom. The number of carbonyl (C=O) groups excluding carboxylic acids is 2. The number of aromatic amines is 1. The number of amides is 2. The predicted molar refractivity (Wildman–Crippen MR) is 146 cm³/mol. The number of H-pyrrole nitrogens is 1. The van der Waals surface area contributed by atoms with Gasteiger partial charge in [-0.3, -0.25) is 9.59 Å². The van der Waals surface area contributed by atoms with Crippen molar-refractivity contribution in [2.24, 2.45) is 10.4 Å². The summed E-state index contributed by atoms with van der Waals surface area (Å²) in [4.78, 5) is 35.2. The second kappa shape index (κ2) is 10.7. The summed E-state index contributed by atoms with van der Waals surface area (Å²) in [7, 11) is -3.20. The summed E-state index contributed by atoms with van der Waals surface area (Å²) >= 11 is 1.29. The van der Waals surface area contributed by atoms with Gasteiger partial charge in [0, 0.05) is 36.7 Å². The van der Waals surface area contributed by atoms with Gasteiger partial charge in [-0.05, 0) is 43.9 Å². The molecule has 2 aromatic rings. The zero-order valence-corrected chi connectivity index (χ0v) is 23.6. The first-order chi connectivity index (χ1) is 16.7. The Labute approximate surface area is 217 Å². The number of nitrogens with zero attached hydrogens (tertiary/aromatic N) is 1. The van der Waals surface area contributed by atoms with Gasteiger partial charge in [-0.2, -0.15) is 0 Å². The lowest BCUT2D eigenvalue weighted by atomic mass is 9.88. The second-order valence-electron chi connectivity index (χ2n) is 10.6. The van der Waals surface area contributed by atoms with Gasteiger partial charge < -0.3 is 15.6 Å². The van der Waals surface area contributed by atoms with Gasteiger partial charge in [-0.15, -0.1) is 11.3 Å². The van der Waals surface area contributed by atoms with Crippen LogP contribution in [0.1, 0.15) is 78.6 Å². The largest absolute Gasteiger partial charge is 0.362 e. The minimum absolute atomic E-state index is 0.0300. The Morgan fingerprint density at radius 1 is 1.17 bits per heavy atom. The van der Waals surface area contributed by atoms with Crippen LogP contribution < -0.4 is 10.6 Å². The van der Waals surface area contributed by atoms with Gasteiger partial charge in [0.15, 0.2) is 0 Å². The molecule has 3 heterocycles. The van der Waals surface area contributed by atoms with Crippen molar-refractivity contribution in [3.63, 3.8) is 0 Å². The van der Waals surface area contributed by atoms with Gasteiger partial charge in [-0.1, -0.05) is 33.3 Å². The number of hydrogen-bond acceptors (Lipinski definition) is 6. The fourth-order valence-corrected chi connectivity index (χ4v) is 5.61. The first-order valence-corrected chi connectivity index (χ1v) is 14.9. The second-order valence-corrected chi connectivity index (χ2v) is 13.8. The van der Waals surface area contributed by atoms with E-state index in [4.69, 9.17) is 4.99 Å². The van der Waals surface area contributed by atoms with E-state index in [1.807, 2.05) is 19.1 Å². The van der Waals surface area contributed by atoms with Crippen LogP contribution in [0.25, 0.3) is 0 Å². The molecule has 10 heteroatoms. The minimum Gasteiger partial charge on any atom is -0.362 e. The predicted octanol–water partition coefficient (Wildman–Crippen LogP) is 4.42. The summed E-state index contributed by atoms with van der Waals surface area (Å²) in [6.45, 7) is 12.0. The monoisotopic (exact) mass is 532 g/mol. The van der Waals surface area contributed by atoms with E-state index in [0.29, 0.717) is 28.3 Å². The van der Waals surface area contributed by atoms with Crippen LogP contribution in [-0.2, 0) is 16.3 Å². The van der Waals surface area contributed by atoms with Crippen molar-refractivity contribution in [2.75, 3.05) is 12.0 Å². The number of hydrogen-bond donors (Lipinski definition) is 3. The van der Waals surface area contributed by atoms with Crippen LogP contribution in [0.4, 0.5) is 5.69 Å². The van der Waals surface area contributed by atoms with Crippen LogP contribution in [-0.4, -0.2) is 55.0 Å². The molecule has 0 fully saturated rings. The molecule has 8 nitrogen and oxygen atoms in total. The van der Waals surface area contributed by atoms with E-state index in [1.54, 1.807) is 19.2 Å². The number of aromatic nitrogens is 1. The number of allylic oxidation sites excluding steroid dienone is 2. The highest BCUT2D eigenvalue weighted by molar-refractivity contribution is 7.90. The van der Waals surface area contributed by atoms with Gasteiger partial charge in [0.25, 0.3) is 11.8 Å². The van der Waals surface area contributed by atoms with Crippen molar-refractivity contribution in [1.82, 2.24) is 15.6 Å². The fourth-order valence-electron chi connectivity index (χ4n) is 3.75. The Kier molecular flexibility index (Phi) is 8.30. The lowest BCUT2D eigenvalue weighted by Gasteiger charge is -2.28. The average molecular weight is 533 g/mol. The van der Waals surface area contributed by atoms with Gasteiger partial charge >= 0.3 is 0 Å². The Morgan fingerprint density at radius 2 is 1.86 bits per heavy atom. The van der Waals surface area contributed by atoms with E-state index >= 15 is 0 Å². The lowest BCUT2D eigenvalue weighted by molar-refractivity contribution is 0.0909. The maximum atomic E-state index is 13.1. The van der Waals surface area contributed by atoms with Crippen molar-refractivity contribution in [1.29, 1.82) is 0 Å². The quantitative estimate of drug-likeness (QED) is 0.466. The van der Waals surface area contributed by atoms with Crippen molar-refractivity contribution in [3.8, 4) is 0 Å². The molecule has 2 atom stereocenters. The topological polar surface area (TPSA) is 120 Å². The minimum atomic E-state index is -3.20. The van der Waals surface area contributed by atoms with Gasteiger partial charge in [-0.25, -0.2) is 13.4 Å². The van der Waals surface area contributed by atoms with Crippen LogP contribution in [0, 0.1) is 5.41 Å². The standard InChI is InChI=1S/C26H36N4O4S2/c1-8-17-11-19(21-9-10-22(35-21)25(32)28-15(2)14-36(7,33)34)30-23-18(13-27-20(23)12-17)24(31)29-16(3)26(4,5)6/h9-11,13,15-16,27H,8,12,14H2,1-7H3,(H,28,32)(H,29,31). The number of aliphatic imine (C=N–C) groups is 1. The summed E-state index contributed by atoms with van der Waals surface area (Å²) in [6, 6.07) is 3.02. The number of carbonyl (C=O) groups is 2. The molecular formula is C26H36N4O4S2. The van der Waals surface area contributed by atoms with Crippen molar-refractivity contribution in [3.05, 3.63) is 51.0 Å². The molecule has 3 N–H and O–H groups in total. The van der Waals surface area contributed by atoms with E-state index in [9.17, 15) is 18.0 Å². The first-order valence-electron chi connectivity index (χ1n) is 12.1. The molecule has 2 amide bonds. The maximum Gasteiger partial charge on any atom is 0.261 e. The zero-order chi connectivity index (χ0) is 26.8. The fraction of sp³-hybridized carbons (Fsp3) is 0.500. The zero-order valence-electron chi connectivity index (χ0n) is 22.0.